The van der Waals surface area contributed by atoms with E-state index in [1.807, 2.05) is 12.1 Å². The normalized spacial score (nSPS) is 15.8. The van der Waals surface area contributed by atoms with Gasteiger partial charge in [-0.3, -0.25) is 4.79 Å². The number of rotatable bonds is 5. The summed E-state index contributed by atoms with van der Waals surface area (Å²) in [4.78, 5) is 17.8. The molecule has 1 aromatic heterocycles. The Morgan fingerprint density at radius 1 is 1.08 bits per heavy atom. The number of sulfonamides is 1. The summed E-state index contributed by atoms with van der Waals surface area (Å²) in [5, 5.41) is 0.765. The standard InChI is InChI=1S/C17H18FN3O3S2/c18-14-5-1-2-6-15(14)26(23,24)21-11-9-20(10-12-21)17(22)13-25-16-7-3-4-8-19-16/h1-8H,9-13H2. The first-order valence-electron chi connectivity index (χ1n) is 8.05. The number of hydrogen-bond donors (Lipinski definition) is 0. The Kier molecular flexibility index (Phi) is 5.90. The third-order valence-electron chi connectivity index (χ3n) is 4.03. The number of halogens is 1. The maximum absolute atomic E-state index is 13.8. The predicted octanol–water partition coefficient (Wildman–Crippen LogP) is 1.85. The van der Waals surface area contributed by atoms with Crippen LogP contribution in [0.5, 0.6) is 0 Å². The van der Waals surface area contributed by atoms with Crippen LogP contribution < -0.4 is 0 Å². The summed E-state index contributed by atoms with van der Waals surface area (Å²) < 4.78 is 40.2. The van der Waals surface area contributed by atoms with Crippen molar-refractivity contribution >= 4 is 27.7 Å². The Balaban J connectivity index is 1.57. The van der Waals surface area contributed by atoms with Crippen LogP contribution in [0.25, 0.3) is 0 Å². The molecule has 0 unspecified atom stereocenters. The molecule has 1 aliphatic rings. The van der Waals surface area contributed by atoms with Crippen molar-refractivity contribution in [3.8, 4) is 0 Å². The second kappa shape index (κ2) is 8.15. The van der Waals surface area contributed by atoms with Crippen molar-refractivity contribution in [2.45, 2.75) is 9.92 Å². The van der Waals surface area contributed by atoms with Crippen molar-refractivity contribution in [2.24, 2.45) is 0 Å². The fourth-order valence-corrected chi connectivity index (χ4v) is 4.88. The molecule has 0 radical (unpaired) electrons. The van der Waals surface area contributed by atoms with Gasteiger partial charge in [0.1, 0.15) is 10.7 Å². The van der Waals surface area contributed by atoms with E-state index in [0.717, 1.165) is 11.1 Å². The Bertz CT molecular complexity index is 870. The van der Waals surface area contributed by atoms with Gasteiger partial charge in [0.25, 0.3) is 0 Å². The van der Waals surface area contributed by atoms with E-state index in [9.17, 15) is 17.6 Å². The Labute approximate surface area is 156 Å². The molecule has 0 aliphatic carbocycles. The Morgan fingerprint density at radius 3 is 2.42 bits per heavy atom. The van der Waals surface area contributed by atoms with Gasteiger partial charge in [-0.15, -0.1) is 0 Å². The van der Waals surface area contributed by atoms with E-state index >= 15 is 0 Å². The highest BCUT2D eigenvalue weighted by atomic mass is 32.2. The molecule has 1 saturated heterocycles. The minimum atomic E-state index is -3.89. The molecule has 0 saturated carbocycles. The number of hydrogen-bond acceptors (Lipinski definition) is 5. The van der Waals surface area contributed by atoms with Crippen molar-refractivity contribution < 1.29 is 17.6 Å². The summed E-state index contributed by atoms with van der Waals surface area (Å²) in [6, 6.07) is 10.8. The highest BCUT2D eigenvalue weighted by molar-refractivity contribution is 7.99. The number of aromatic nitrogens is 1. The van der Waals surface area contributed by atoms with Crippen LogP contribution in [0.2, 0.25) is 0 Å². The largest absolute Gasteiger partial charge is 0.339 e. The maximum Gasteiger partial charge on any atom is 0.246 e. The van der Waals surface area contributed by atoms with Gasteiger partial charge in [0.05, 0.1) is 10.8 Å². The highest BCUT2D eigenvalue weighted by Crippen LogP contribution is 2.21. The van der Waals surface area contributed by atoms with Crippen LogP contribution in [-0.4, -0.2) is 60.4 Å². The third-order valence-corrected chi connectivity index (χ3v) is 6.89. The Morgan fingerprint density at radius 2 is 1.77 bits per heavy atom. The number of amides is 1. The first-order chi connectivity index (χ1) is 12.5. The Hall–Kier alpha value is -1.97. The fraction of sp³-hybridized carbons (Fsp3) is 0.294. The molecule has 0 bridgehead atoms. The monoisotopic (exact) mass is 395 g/mol. The molecule has 0 N–H and O–H groups in total. The minimum absolute atomic E-state index is 0.0661. The van der Waals surface area contributed by atoms with E-state index in [-0.39, 0.29) is 42.7 Å². The molecule has 26 heavy (non-hydrogen) atoms. The lowest BCUT2D eigenvalue weighted by atomic mass is 10.3. The molecule has 2 aromatic rings. The van der Waals surface area contributed by atoms with E-state index in [4.69, 9.17) is 0 Å². The molecule has 6 nitrogen and oxygen atoms in total. The average Bonchev–Trinajstić information content (AvgIpc) is 2.67. The number of thioether (sulfide) groups is 1. The molecule has 1 fully saturated rings. The molecular weight excluding hydrogens is 377 g/mol. The van der Waals surface area contributed by atoms with Gasteiger partial charge in [0, 0.05) is 32.4 Å². The summed E-state index contributed by atoms with van der Waals surface area (Å²) >= 11 is 1.34. The van der Waals surface area contributed by atoms with Crippen molar-refractivity contribution in [1.82, 2.24) is 14.2 Å². The van der Waals surface area contributed by atoms with Gasteiger partial charge in [0.2, 0.25) is 15.9 Å². The molecule has 138 valence electrons. The summed E-state index contributed by atoms with van der Waals surface area (Å²) in [5.41, 5.74) is 0. The van der Waals surface area contributed by atoms with E-state index in [1.165, 1.54) is 34.3 Å². The number of pyridine rings is 1. The summed E-state index contributed by atoms with van der Waals surface area (Å²) in [7, 11) is -3.89. The van der Waals surface area contributed by atoms with Gasteiger partial charge in [-0.05, 0) is 24.3 Å². The number of carbonyl (C=O) groups is 1. The molecular formula is C17H18FN3O3S2. The molecule has 2 heterocycles. The van der Waals surface area contributed by atoms with Gasteiger partial charge in [-0.1, -0.05) is 30.0 Å². The SMILES string of the molecule is O=C(CSc1ccccn1)N1CCN(S(=O)(=O)c2ccccc2F)CC1. The average molecular weight is 395 g/mol. The van der Waals surface area contributed by atoms with E-state index in [1.54, 1.807) is 17.2 Å². The van der Waals surface area contributed by atoms with Crippen LogP contribution in [0.1, 0.15) is 0 Å². The second-order valence-electron chi connectivity index (χ2n) is 5.67. The molecule has 1 aliphatic heterocycles. The number of benzene rings is 1. The second-order valence-corrected chi connectivity index (χ2v) is 8.57. The van der Waals surface area contributed by atoms with Crippen molar-refractivity contribution in [2.75, 3.05) is 31.9 Å². The lowest BCUT2D eigenvalue weighted by Gasteiger charge is -2.34. The quantitative estimate of drug-likeness (QED) is 0.723. The minimum Gasteiger partial charge on any atom is -0.339 e. The van der Waals surface area contributed by atoms with Gasteiger partial charge in [-0.2, -0.15) is 4.31 Å². The maximum atomic E-state index is 13.8. The van der Waals surface area contributed by atoms with Crippen LogP contribution >= 0.6 is 11.8 Å². The zero-order valence-corrected chi connectivity index (χ0v) is 15.5. The van der Waals surface area contributed by atoms with Gasteiger partial charge in [-0.25, -0.2) is 17.8 Å². The van der Waals surface area contributed by atoms with Crippen molar-refractivity contribution in [1.29, 1.82) is 0 Å². The van der Waals surface area contributed by atoms with Crippen LogP contribution in [0.15, 0.2) is 58.6 Å². The van der Waals surface area contributed by atoms with Crippen molar-refractivity contribution in [3.63, 3.8) is 0 Å². The summed E-state index contributed by atoms with van der Waals surface area (Å²) in [5.74, 6) is -0.585. The molecule has 1 aromatic carbocycles. The van der Waals surface area contributed by atoms with Crippen LogP contribution in [-0.2, 0) is 14.8 Å². The smallest absolute Gasteiger partial charge is 0.246 e. The van der Waals surface area contributed by atoms with Gasteiger partial charge >= 0.3 is 0 Å². The highest BCUT2D eigenvalue weighted by Gasteiger charge is 2.31. The molecule has 9 heteroatoms. The third kappa shape index (κ3) is 4.22. The first-order valence-corrected chi connectivity index (χ1v) is 10.5. The van der Waals surface area contributed by atoms with Crippen LogP contribution in [0, 0.1) is 5.82 Å². The van der Waals surface area contributed by atoms with E-state index < -0.39 is 15.8 Å². The molecule has 0 atom stereocenters. The topological polar surface area (TPSA) is 70.6 Å². The molecule has 3 rings (SSSR count). The van der Waals surface area contributed by atoms with Crippen molar-refractivity contribution in [3.05, 3.63) is 54.5 Å². The summed E-state index contributed by atoms with van der Waals surface area (Å²) in [6.07, 6.45) is 1.67. The molecule has 1 amide bonds. The molecule has 0 spiro atoms. The summed E-state index contributed by atoms with van der Waals surface area (Å²) in [6.45, 7) is 0.873. The number of nitrogens with zero attached hydrogens (tertiary/aromatic N) is 3. The lowest BCUT2D eigenvalue weighted by molar-refractivity contribution is -0.129. The lowest BCUT2D eigenvalue weighted by Crippen LogP contribution is -2.51. The fourth-order valence-electron chi connectivity index (χ4n) is 2.63. The zero-order chi connectivity index (χ0) is 18.6. The first kappa shape index (κ1) is 18.8. The number of carbonyl (C=O) groups excluding carboxylic acids is 1. The van der Waals surface area contributed by atoms with Crippen LogP contribution in [0.4, 0.5) is 4.39 Å². The van der Waals surface area contributed by atoms with Crippen LogP contribution in [0.3, 0.4) is 0 Å². The van der Waals surface area contributed by atoms with E-state index in [2.05, 4.69) is 4.98 Å². The predicted molar refractivity (Wildman–Crippen MR) is 96.7 cm³/mol. The van der Waals surface area contributed by atoms with Gasteiger partial charge in [0.15, 0.2) is 0 Å². The van der Waals surface area contributed by atoms with E-state index in [0.29, 0.717) is 0 Å². The van der Waals surface area contributed by atoms with Gasteiger partial charge < -0.3 is 4.90 Å². The number of piperazine rings is 1. The zero-order valence-electron chi connectivity index (χ0n) is 13.9.